The van der Waals surface area contributed by atoms with Crippen LogP contribution in [0.5, 0.6) is 0 Å². The molecule has 1 aromatic heterocycles. The number of amides is 1. The minimum absolute atomic E-state index is 0.116. The maximum Gasteiger partial charge on any atom is 0.227 e. The van der Waals surface area contributed by atoms with Crippen LogP contribution in [0.25, 0.3) is 11.0 Å². The standard InChI is InChI=1S/C26H38N4O/c1-20-13-16-28(17-14-20)25(31)22-10-7-15-29(19-22)26-27-23-11-5-6-12-24(23)30(26)18-21-8-3-2-4-9-21/h5-6,11-12,20-22H,2-4,7-10,13-19H2,1H3. The number of rotatable bonds is 4. The Morgan fingerprint density at radius 2 is 1.74 bits per heavy atom. The molecule has 1 saturated carbocycles. The van der Waals surface area contributed by atoms with Crippen molar-refractivity contribution >= 4 is 22.9 Å². The normalized spacial score (nSPS) is 24.1. The summed E-state index contributed by atoms with van der Waals surface area (Å²) in [4.78, 5) is 22.9. The fourth-order valence-corrected chi connectivity index (χ4v) is 5.96. The number of likely N-dealkylation sites (tertiary alicyclic amines) is 1. The van der Waals surface area contributed by atoms with Crippen LogP contribution in [0.15, 0.2) is 24.3 Å². The van der Waals surface area contributed by atoms with Crippen LogP contribution >= 0.6 is 0 Å². The van der Waals surface area contributed by atoms with E-state index in [1.54, 1.807) is 0 Å². The summed E-state index contributed by atoms with van der Waals surface area (Å²) in [5.74, 6) is 3.10. The highest BCUT2D eigenvalue weighted by molar-refractivity contribution is 5.81. The lowest BCUT2D eigenvalue weighted by Gasteiger charge is -2.38. The van der Waals surface area contributed by atoms with Gasteiger partial charge < -0.3 is 14.4 Å². The molecule has 1 aliphatic carbocycles. The Kier molecular flexibility index (Phi) is 6.20. The Morgan fingerprint density at radius 1 is 0.968 bits per heavy atom. The van der Waals surface area contributed by atoms with Crippen molar-refractivity contribution in [3.63, 3.8) is 0 Å². The number of carbonyl (C=O) groups is 1. The van der Waals surface area contributed by atoms with E-state index in [4.69, 9.17) is 4.98 Å². The molecule has 1 unspecified atom stereocenters. The van der Waals surface area contributed by atoms with Crippen molar-refractivity contribution in [3.8, 4) is 0 Å². The van der Waals surface area contributed by atoms with Crippen LogP contribution in [0.2, 0.25) is 0 Å². The van der Waals surface area contributed by atoms with Gasteiger partial charge in [-0.1, -0.05) is 38.3 Å². The number of para-hydroxylation sites is 2. The van der Waals surface area contributed by atoms with Crippen LogP contribution in [0.3, 0.4) is 0 Å². The predicted octanol–water partition coefficient (Wildman–Crippen LogP) is 5.09. The molecular formula is C26H38N4O. The second-order valence-corrected chi connectivity index (χ2v) is 10.3. The number of fused-ring (bicyclic) bond motifs is 1. The monoisotopic (exact) mass is 422 g/mol. The molecule has 3 heterocycles. The van der Waals surface area contributed by atoms with Gasteiger partial charge in [-0.25, -0.2) is 4.98 Å². The van der Waals surface area contributed by atoms with Gasteiger partial charge in [-0.2, -0.15) is 0 Å². The van der Waals surface area contributed by atoms with Gasteiger partial charge in [0.1, 0.15) is 0 Å². The molecular weight excluding hydrogens is 384 g/mol. The summed E-state index contributed by atoms with van der Waals surface area (Å²) in [6.45, 7) is 7.08. The molecule has 31 heavy (non-hydrogen) atoms. The third-order valence-electron chi connectivity index (χ3n) is 7.95. The summed E-state index contributed by atoms with van der Waals surface area (Å²) in [6.07, 6.45) is 11.2. The van der Waals surface area contributed by atoms with E-state index >= 15 is 0 Å². The van der Waals surface area contributed by atoms with Crippen LogP contribution in [-0.2, 0) is 11.3 Å². The fourth-order valence-electron chi connectivity index (χ4n) is 5.96. The van der Waals surface area contributed by atoms with E-state index in [9.17, 15) is 4.79 Å². The number of nitrogens with zero attached hydrogens (tertiary/aromatic N) is 4. The summed E-state index contributed by atoms with van der Waals surface area (Å²) in [5, 5.41) is 0. The molecule has 0 radical (unpaired) electrons. The first kappa shape index (κ1) is 20.8. The van der Waals surface area contributed by atoms with E-state index in [1.807, 2.05) is 0 Å². The van der Waals surface area contributed by atoms with Gasteiger partial charge in [-0.3, -0.25) is 4.79 Å². The summed E-state index contributed by atoms with van der Waals surface area (Å²) < 4.78 is 2.47. The molecule has 3 fully saturated rings. The second kappa shape index (κ2) is 9.22. The lowest BCUT2D eigenvalue weighted by Crippen LogP contribution is -2.47. The highest BCUT2D eigenvalue weighted by Gasteiger charge is 2.33. The smallest absolute Gasteiger partial charge is 0.227 e. The first-order valence-corrected chi connectivity index (χ1v) is 12.7. The van der Waals surface area contributed by atoms with Gasteiger partial charge in [0, 0.05) is 32.7 Å². The van der Waals surface area contributed by atoms with E-state index < -0.39 is 0 Å². The Hall–Kier alpha value is -2.04. The SMILES string of the molecule is CC1CCN(C(=O)C2CCCN(c3nc4ccccc4n3CC3CCCCC3)C2)CC1. The molecule has 2 saturated heterocycles. The van der Waals surface area contributed by atoms with Crippen molar-refractivity contribution in [2.24, 2.45) is 17.8 Å². The van der Waals surface area contributed by atoms with Crippen molar-refractivity contribution < 1.29 is 4.79 Å². The van der Waals surface area contributed by atoms with E-state index in [2.05, 4.69) is 45.6 Å². The number of hydrogen-bond acceptors (Lipinski definition) is 3. The van der Waals surface area contributed by atoms with Gasteiger partial charge in [0.2, 0.25) is 11.9 Å². The number of hydrogen-bond donors (Lipinski definition) is 0. The van der Waals surface area contributed by atoms with Crippen LogP contribution in [0.4, 0.5) is 5.95 Å². The zero-order valence-electron chi connectivity index (χ0n) is 19.1. The van der Waals surface area contributed by atoms with E-state index in [1.165, 1.54) is 37.6 Å². The molecule has 0 spiro atoms. The van der Waals surface area contributed by atoms with Crippen LogP contribution < -0.4 is 4.90 Å². The summed E-state index contributed by atoms with van der Waals surface area (Å²) >= 11 is 0. The first-order chi connectivity index (χ1) is 15.2. The largest absolute Gasteiger partial charge is 0.342 e. The zero-order chi connectivity index (χ0) is 21.2. The molecule has 0 bridgehead atoms. The quantitative estimate of drug-likeness (QED) is 0.689. The Labute approximate surface area is 186 Å². The maximum absolute atomic E-state index is 13.3. The number of piperidine rings is 2. The van der Waals surface area contributed by atoms with Crippen molar-refractivity contribution in [2.45, 2.75) is 71.3 Å². The Bertz CT molecular complexity index is 892. The molecule has 2 aliphatic heterocycles. The number of anilines is 1. The number of imidazole rings is 1. The van der Waals surface area contributed by atoms with E-state index in [0.29, 0.717) is 5.91 Å². The van der Waals surface area contributed by atoms with Gasteiger partial charge in [-0.05, 0) is 62.5 Å². The molecule has 1 aromatic carbocycles. The van der Waals surface area contributed by atoms with Gasteiger partial charge in [-0.15, -0.1) is 0 Å². The number of aromatic nitrogens is 2. The topological polar surface area (TPSA) is 41.4 Å². The second-order valence-electron chi connectivity index (χ2n) is 10.3. The summed E-state index contributed by atoms with van der Waals surface area (Å²) in [6, 6.07) is 8.57. The highest BCUT2D eigenvalue weighted by atomic mass is 16.2. The average molecular weight is 423 g/mol. The minimum Gasteiger partial charge on any atom is -0.342 e. The molecule has 3 aliphatic rings. The van der Waals surface area contributed by atoms with E-state index in [0.717, 1.165) is 81.7 Å². The molecule has 2 aromatic rings. The molecule has 1 atom stereocenters. The van der Waals surface area contributed by atoms with Crippen LogP contribution in [-0.4, -0.2) is 46.5 Å². The molecule has 5 nitrogen and oxygen atoms in total. The van der Waals surface area contributed by atoms with Crippen LogP contribution in [0.1, 0.15) is 64.7 Å². The molecule has 0 N–H and O–H groups in total. The maximum atomic E-state index is 13.3. The summed E-state index contributed by atoms with van der Waals surface area (Å²) in [7, 11) is 0. The first-order valence-electron chi connectivity index (χ1n) is 12.7. The lowest BCUT2D eigenvalue weighted by atomic mass is 9.89. The molecule has 168 valence electrons. The van der Waals surface area contributed by atoms with Crippen molar-refractivity contribution in [2.75, 3.05) is 31.1 Å². The molecule has 1 amide bonds. The third kappa shape index (κ3) is 4.47. The van der Waals surface area contributed by atoms with Gasteiger partial charge in [0.15, 0.2) is 0 Å². The Balaban J connectivity index is 1.36. The number of benzene rings is 1. The minimum atomic E-state index is 0.116. The van der Waals surface area contributed by atoms with Gasteiger partial charge >= 0.3 is 0 Å². The van der Waals surface area contributed by atoms with Crippen molar-refractivity contribution in [1.29, 1.82) is 0 Å². The lowest BCUT2D eigenvalue weighted by molar-refractivity contribution is -0.137. The van der Waals surface area contributed by atoms with Crippen LogP contribution in [0, 0.1) is 17.8 Å². The van der Waals surface area contributed by atoms with E-state index in [-0.39, 0.29) is 5.92 Å². The fraction of sp³-hybridized carbons (Fsp3) is 0.692. The van der Waals surface area contributed by atoms with Crippen molar-refractivity contribution in [1.82, 2.24) is 14.5 Å². The zero-order valence-corrected chi connectivity index (χ0v) is 19.1. The molecule has 5 rings (SSSR count). The number of carbonyl (C=O) groups excluding carboxylic acids is 1. The Morgan fingerprint density at radius 3 is 2.55 bits per heavy atom. The van der Waals surface area contributed by atoms with Crippen molar-refractivity contribution in [3.05, 3.63) is 24.3 Å². The highest BCUT2D eigenvalue weighted by Crippen LogP contribution is 2.32. The predicted molar refractivity (Wildman–Crippen MR) is 126 cm³/mol. The van der Waals surface area contributed by atoms with Gasteiger partial charge in [0.05, 0.1) is 17.0 Å². The third-order valence-corrected chi connectivity index (χ3v) is 7.95. The summed E-state index contributed by atoms with van der Waals surface area (Å²) in [5.41, 5.74) is 2.34. The van der Waals surface area contributed by atoms with Gasteiger partial charge in [0.25, 0.3) is 0 Å². The average Bonchev–Trinajstić information content (AvgIpc) is 3.18. The molecule has 5 heteroatoms.